The second-order valence-electron chi connectivity index (χ2n) is 18.2. The molecule has 7 rings (SSSR count). The standard InChI is InChI=1S/C46H52N2/c1-43(2,3)29-21-27(22-30(25-29)44(4,5)6)37-39-33-17-13-15-19-35(33)48-42(39)38(40-34-18-14-16-20-36(34)47-41(37)40)28-23-31(45(7,8)9)26-32(24-28)46(10,11)12/h13-26,47-48H,1-12H3. The van der Waals surface area contributed by atoms with Crippen LogP contribution in [0.4, 0.5) is 0 Å². The summed E-state index contributed by atoms with van der Waals surface area (Å²) in [6, 6.07) is 32.4. The minimum absolute atomic E-state index is 0.00555. The second-order valence-corrected chi connectivity index (χ2v) is 18.2. The summed E-state index contributed by atoms with van der Waals surface area (Å²) >= 11 is 0. The third kappa shape index (κ3) is 5.34. The summed E-state index contributed by atoms with van der Waals surface area (Å²) < 4.78 is 0. The number of hydrogen-bond donors (Lipinski definition) is 2. The van der Waals surface area contributed by atoms with Gasteiger partial charge in [-0.15, -0.1) is 0 Å². The maximum atomic E-state index is 3.99. The topological polar surface area (TPSA) is 31.6 Å². The van der Waals surface area contributed by atoms with Crippen LogP contribution in [0.1, 0.15) is 105 Å². The number of nitrogens with one attached hydrogen (secondary N) is 2. The van der Waals surface area contributed by atoms with Gasteiger partial charge in [0.05, 0.1) is 11.0 Å². The van der Waals surface area contributed by atoms with E-state index in [4.69, 9.17) is 0 Å². The number of aromatic nitrogens is 2. The van der Waals surface area contributed by atoms with E-state index in [0.29, 0.717) is 0 Å². The Morgan fingerprint density at radius 3 is 0.958 bits per heavy atom. The van der Waals surface area contributed by atoms with Crippen molar-refractivity contribution in [2.45, 2.75) is 105 Å². The quantitative estimate of drug-likeness (QED) is 0.190. The fourth-order valence-corrected chi connectivity index (χ4v) is 7.28. The number of para-hydroxylation sites is 2. The molecule has 5 aromatic carbocycles. The van der Waals surface area contributed by atoms with Gasteiger partial charge in [0.1, 0.15) is 0 Å². The molecule has 0 atom stereocenters. The molecule has 0 amide bonds. The van der Waals surface area contributed by atoms with E-state index in [1.807, 2.05) is 0 Å². The molecule has 48 heavy (non-hydrogen) atoms. The second kappa shape index (κ2) is 10.6. The van der Waals surface area contributed by atoms with Crippen molar-refractivity contribution in [3.05, 3.63) is 107 Å². The van der Waals surface area contributed by atoms with E-state index in [-0.39, 0.29) is 21.7 Å². The third-order valence-corrected chi connectivity index (χ3v) is 10.3. The number of aromatic amines is 2. The maximum Gasteiger partial charge on any atom is 0.0558 e. The molecule has 0 aliphatic heterocycles. The smallest absolute Gasteiger partial charge is 0.0558 e. The van der Waals surface area contributed by atoms with Crippen molar-refractivity contribution in [1.29, 1.82) is 0 Å². The van der Waals surface area contributed by atoms with Crippen molar-refractivity contribution in [2.75, 3.05) is 0 Å². The molecule has 0 bridgehead atoms. The highest BCUT2D eigenvalue weighted by molar-refractivity contribution is 6.31. The lowest BCUT2D eigenvalue weighted by atomic mass is 9.77. The number of benzene rings is 5. The highest BCUT2D eigenvalue weighted by atomic mass is 14.7. The average molecular weight is 633 g/mol. The minimum Gasteiger partial charge on any atom is -0.354 e. The lowest BCUT2D eigenvalue weighted by molar-refractivity contribution is 0.568. The van der Waals surface area contributed by atoms with Crippen LogP contribution in [0.3, 0.4) is 0 Å². The predicted molar refractivity (Wildman–Crippen MR) is 211 cm³/mol. The van der Waals surface area contributed by atoms with Crippen LogP contribution >= 0.6 is 0 Å². The van der Waals surface area contributed by atoms with Crippen LogP contribution in [0.15, 0.2) is 84.9 Å². The first kappa shape index (κ1) is 32.3. The predicted octanol–water partition coefficient (Wildman–Crippen LogP) is 13.5. The van der Waals surface area contributed by atoms with Crippen molar-refractivity contribution in [1.82, 2.24) is 9.97 Å². The van der Waals surface area contributed by atoms with E-state index in [2.05, 4.69) is 178 Å². The number of fused-ring (bicyclic) bond motifs is 6. The Balaban J connectivity index is 1.75. The van der Waals surface area contributed by atoms with E-state index in [1.54, 1.807) is 0 Å². The van der Waals surface area contributed by atoms with Crippen LogP contribution in [0.5, 0.6) is 0 Å². The van der Waals surface area contributed by atoms with Gasteiger partial charge in [-0.1, -0.05) is 156 Å². The fourth-order valence-electron chi connectivity index (χ4n) is 7.28. The lowest BCUT2D eigenvalue weighted by Gasteiger charge is -2.27. The molecule has 0 spiro atoms. The van der Waals surface area contributed by atoms with Crippen LogP contribution in [-0.4, -0.2) is 9.97 Å². The molecule has 0 saturated heterocycles. The molecule has 2 aromatic heterocycles. The first-order valence-electron chi connectivity index (χ1n) is 17.6. The molecule has 2 N–H and O–H groups in total. The van der Waals surface area contributed by atoms with Gasteiger partial charge in [0.15, 0.2) is 0 Å². The molecule has 2 nitrogen and oxygen atoms in total. The summed E-state index contributed by atoms with van der Waals surface area (Å²) in [7, 11) is 0. The van der Waals surface area contributed by atoms with E-state index in [1.165, 1.54) is 77.1 Å². The van der Waals surface area contributed by atoms with Gasteiger partial charge in [0.2, 0.25) is 0 Å². The van der Waals surface area contributed by atoms with Crippen molar-refractivity contribution in [3.63, 3.8) is 0 Å². The summed E-state index contributed by atoms with van der Waals surface area (Å²) in [4.78, 5) is 7.99. The van der Waals surface area contributed by atoms with Crippen molar-refractivity contribution >= 4 is 43.6 Å². The molecule has 0 saturated carbocycles. The molecule has 2 heteroatoms. The molecule has 2 heterocycles. The highest BCUT2D eigenvalue weighted by Gasteiger charge is 2.28. The molecule has 0 aliphatic rings. The Kier molecular flexibility index (Phi) is 7.12. The summed E-state index contributed by atoms with van der Waals surface area (Å²) in [5, 5.41) is 5.07. The number of rotatable bonds is 2. The third-order valence-electron chi connectivity index (χ3n) is 10.3. The van der Waals surface area contributed by atoms with Gasteiger partial charge < -0.3 is 9.97 Å². The summed E-state index contributed by atoms with van der Waals surface area (Å²) in [5.74, 6) is 0. The first-order valence-corrected chi connectivity index (χ1v) is 17.6. The molecule has 0 radical (unpaired) electrons. The lowest BCUT2D eigenvalue weighted by Crippen LogP contribution is -2.16. The monoisotopic (exact) mass is 632 g/mol. The van der Waals surface area contributed by atoms with Gasteiger partial charge in [0, 0.05) is 43.7 Å². The Morgan fingerprint density at radius 2 is 0.667 bits per heavy atom. The largest absolute Gasteiger partial charge is 0.354 e. The SMILES string of the molecule is CC(C)(C)c1cc(-c2c3[nH]c4ccccc4c3c(-c3cc(C(C)(C)C)cc(C(C)(C)C)c3)c3[nH]c4ccccc4c23)cc(C(C)(C)C)c1. The average Bonchev–Trinajstić information content (AvgIpc) is 3.56. The van der Waals surface area contributed by atoms with E-state index < -0.39 is 0 Å². The summed E-state index contributed by atoms with van der Waals surface area (Å²) in [6.07, 6.45) is 0. The number of hydrogen-bond acceptors (Lipinski definition) is 0. The van der Waals surface area contributed by atoms with Crippen LogP contribution in [0.25, 0.3) is 65.9 Å². The first-order chi connectivity index (χ1) is 22.3. The van der Waals surface area contributed by atoms with E-state index >= 15 is 0 Å². The van der Waals surface area contributed by atoms with Crippen LogP contribution in [0.2, 0.25) is 0 Å². The maximum absolute atomic E-state index is 3.99. The van der Waals surface area contributed by atoms with Crippen molar-refractivity contribution < 1.29 is 0 Å². The molecular formula is C46H52N2. The van der Waals surface area contributed by atoms with Crippen molar-refractivity contribution in [3.8, 4) is 22.3 Å². The Bertz CT molecular complexity index is 2130. The number of H-pyrrole nitrogens is 2. The van der Waals surface area contributed by atoms with Crippen LogP contribution in [0, 0.1) is 0 Å². The zero-order valence-electron chi connectivity index (χ0n) is 31.1. The van der Waals surface area contributed by atoms with Crippen LogP contribution < -0.4 is 0 Å². The van der Waals surface area contributed by atoms with E-state index in [0.717, 1.165) is 11.0 Å². The Morgan fingerprint density at radius 1 is 0.375 bits per heavy atom. The normalized spacial score (nSPS) is 13.4. The van der Waals surface area contributed by atoms with Gasteiger partial charge >= 0.3 is 0 Å². The van der Waals surface area contributed by atoms with Crippen molar-refractivity contribution in [2.24, 2.45) is 0 Å². The molecule has 246 valence electrons. The highest BCUT2D eigenvalue weighted by Crippen LogP contribution is 2.50. The Hall–Kier alpha value is -4.30. The minimum atomic E-state index is 0.00555. The summed E-state index contributed by atoms with van der Waals surface area (Å²) in [6.45, 7) is 28.0. The van der Waals surface area contributed by atoms with Gasteiger partial charge in [-0.25, -0.2) is 0 Å². The zero-order chi connectivity index (χ0) is 34.6. The summed E-state index contributed by atoms with van der Waals surface area (Å²) in [5.41, 5.74) is 15.3. The van der Waals surface area contributed by atoms with Gasteiger partial charge in [-0.2, -0.15) is 0 Å². The van der Waals surface area contributed by atoms with Gasteiger partial charge in [-0.05, 0) is 67.2 Å². The molecule has 7 aromatic rings. The van der Waals surface area contributed by atoms with E-state index in [9.17, 15) is 0 Å². The van der Waals surface area contributed by atoms with Crippen LogP contribution in [-0.2, 0) is 21.7 Å². The fraction of sp³-hybridized carbons (Fsp3) is 0.348. The molecule has 0 aliphatic carbocycles. The Labute approximate surface area is 287 Å². The molecule has 0 fully saturated rings. The molecular weight excluding hydrogens is 581 g/mol. The zero-order valence-corrected chi connectivity index (χ0v) is 31.1. The van der Waals surface area contributed by atoms with Gasteiger partial charge in [0.25, 0.3) is 0 Å². The van der Waals surface area contributed by atoms with Gasteiger partial charge in [-0.3, -0.25) is 0 Å². The molecule has 0 unspecified atom stereocenters.